The summed E-state index contributed by atoms with van der Waals surface area (Å²) in [5, 5.41) is 19.1. The van der Waals surface area contributed by atoms with Crippen molar-refractivity contribution in [3.63, 3.8) is 0 Å². The third-order valence-corrected chi connectivity index (χ3v) is 7.41. The lowest BCUT2D eigenvalue weighted by Gasteiger charge is -2.26. The monoisotopic (exact) mass is 582 g/mol. The smallest absolute Gasteiger partial charge is 0.338 e. The zero-order chi connectivity index (χ0) is 29.8. The predicted octanol–water partition coefficient (Wildman–Crippen LogP) is 5.71. The number of hydrogen-bond donors (Lipinski definition) is 1. The first kappa shape index (κ1) is 28.7. The van der Waals surface area contributed by atoms with Crippen molar-refractivity contribution in [1.29, 1.82) is 0 Å². The first-order valence-electron chi connectivity index (χ1n) is 13.5. The molecule has 1 atom stereocenters. The summed E-state index contributed by atoms with van der Waals surface area (Å²) in [6.07, 6.45) is 1.46. The van der Waals surface area contributed by atoms with E-state index in [-0.39, 0.29) is 29.6 Å². The van der Waals surface area contributed by atoms with Gasteiger partial charge < -0.3 is 14.6 Å². The number of esters is 1. The number of aromatic nitrogens is 1. The number of hydrogen-bond acceptors (Lipinski definition) is 9. The van der Waals surface area contributed by atoms with Crippen LogP contribution in [0.2, 0.25) is 0 Å². The first-order chi connectivity index (χ1) is 20.3. The molecule has 5 rings (SSSR count). The van der Waals surface area contributed by atoms with Gasteiger partial charge in [-0.25, -0.2) is 9.79 Å². The summed E-state index contributed by atoms with van der Waals surface area (Å²) in [7, 11) is 0. The number of carbonyl (C=O) groups is 1. The number of carbonyl (C=O) groups excluding carboxylic acids is 1. The van der Waals surface area contributed by atoms with Crippen LogP contribution in [0.4, 0.5) is 11.4 Å². The molecule has 0 unspecified atom stereocenters. The summed E-state index contributed by atoms with van der Waals surface area (Å²) in [6, 6.07) is 20.6. The summed E-state index contributed by atoms with van der Waals surface area (Å²) >= 11 is 1.17. The second-order valence-corrected chi connectivity index (χ2v) is 10.8. The standard InChI is InChI=1S/C32H30N4O5S/c1-5-40-31(39)28-20(4)33-32-36(29(28)24-13-9-10-14-26(24)41-19(2)3)30(38)27(42-32)18-21-17-23(15-16-25(21)37)35-34-22-11-7-6-8-12-22/h6-19,29,37H,5H2,1-4H3/b27-18+,35-34?/t29-/m1/s1. The average Bonchev–Trinajstić information content (AvgIpc) is 3.27. The number of para-hydroxylation sites is 1. The van der Waals surface area contributed by atoms with Gasteiger partial charge in [0.1, 0.15) is 17.5 Å². The minimum Gasteiger partial charge on any atom is -0.507 e. The molecule has 0 amide bonds. The second-order valence-electron chi connectivity index (χ2n) is 9.79. The van der Waals surface area contributed by atoms with Crippen molar-refractivity contribution in [2.75, 3.05) is 6.61 Å². The molecule has 0 saturated carbocycles. The topological polar surface area (TPSA) is 115 Å². The lowest BCUT2D eigenvalue weighted by molar-refractivity contribution is -0.139. The van der Waals surface area contributed by atoms with Gasteiger partial charge in [0.2, 0.25) is 0 Å². The van der Waals surface area contributed by atoms with Crippen LogP contribution in [0, 0.1) is 0 Å². The van der Waals surface area contributed by atoms with E-state index in [0.29, 0.717) is 43.3 Å². The number of azo groups is 1. The summed E-state index contributed by atoms with van der Waals surface area (Å²) < 4.78 is 13.3. The van der Waals surface area contributed by atoms with E-state index in [1.54, 1.807) is 32.1 Å². The number of benzene rings is 3. The molecule has 4 aromatic rings. The number of aromatic hydroxyl groups is 1. The number of nitrogens with zero attached hydrogens (tertiary/aromatic N) is 4. The van der Waals surface area contributed by atoms with Gasteiger partial charge >= 0.3 is 5.97 Å². The van der Waals surface area contributed by atoms with Crippen molar-refractivity contribution in [2.24, 2.45) is 15.2 Å². The van der Waals surface area contributed by atoms with Crippen molar-refractivity contribution >= 4 is 34.8 Å². The van der Waals surface area contributed by atoms with Crippen LogP contribution in [0.5, 0.6) is 11.5 Å². The molecule has 3 aromatic carbocycles. The molecule has 0 bridgehead atoms. The molecule has 9 nitrogen and oxygen atoms in total. The van der Waals surface area contributed by atoms with Crippen LogP contribution in [0.1, 0.15) is 44.9 Å². The number of phenols is 1. The fourth-order valence-corrected chi connectivity index (χ4v) is 5.66. The van der Waals surface area contributed by atoms with Crippen molar-refractivity contribution in [1.82, 2.24) is 4.57 Å². The predicted molar refractivity (Wildman–Crippen MR) is 161 cm³/mol. The maximum Gasteiger partial charge on any atom is 0.338 e. The van der Waals surface area contributed by atoms with Gasteiger partial charge in [-0.3, -0.25) is 9.36 Å². The first-order valence-corrected chi connectivity index (χ1v) is 14.3. The molecule has 1 aliphatic heterocycles. The van der Waals surface area contributed by atoms with Crippen LogP contribution in [-0.4, -0.2) is 28.4 Å². The average molecular weight is 583 g/mol. The van der Waals surface area contributed by atoms with Crippen LogP contribution >= 0.6 is 11.3 Å². The van der Waals surface area contributed by atoms with Crippen molar-refractivity contribution in [2.45, 2.75) is 39.8 Å². The Balaban J connectivity index is 1.66. The normalized spacial score (nSPS) is 15.2. The van der Waals surface area contributed by atoms with Crippen molar-refractivity contribution in [3.8, 4) is 11.5 Å². The van der Waals surface area contributed by atoms with Crippen LogP contribution in [0.25, 0.3) is 6.08 Å². The van der Waals surface area contributed by atoms with Crippen LogP contribution < -0.4 is 19.6 Å². The fraction of sp³-hybridized carbons (Fsp3) is 0.219. The summed E-state index contributed by atoms with van der Waals surface area (Å²) in [4.78, 5) is 32.3. The van der Waals surface area contributed by atoms with Gasteiger partial charge in [0, 0.05) is 11.1 Å². The Kier molecular flexibility index (Phi) is 8.44. The molecule has 10 heteroatoms. The number of thiazole rings is 1. The second kappa shape index (κ2) is 12.4. The van der Waals surface area contributed by atoms with E-state index >= 15 is 0 Å². The van der Waals surface area contributed by atoms with Crippen LogP contribution in [0.15, 0.2) is 104 Å². The molecule has 0 radical (unpaired) electrons. The number of allylic oxidation sites excluding steroid dienone is 1. The molecule has 0 fully saturated rings. The largest absolute Gasteiger partial charge is 0.507 e. The quantitative estimate of drug-likeness (QED) is 0.211. The Morgan fingerprint density at radius 2 is 1.79 bits per heavy atom. The summed E-state index contributed by atoms with van der Waals surface area (Å²) in [6.45, 7) is 7.46. The molecule has 1 N–H and O–H groups in total. The van der Waals surface area contributed by atoms with E-state index in [1.807, 2.05) is 68.4 Å². The van der Waals surface area contributed by atoms with Crippen molar-refractivity contribution in [3.05, 3.63) is 115 Å². The van der Waals surface area contributed by atoms with E-state index in [0.717, 1.165) is 0 Å². The third kappa shape index (κ3) is 5.94. The van der Waals surface area contributed by atoms with Gasteiger partial charge in [-0.2, -0.15) is 10.2 Å². The van der Waals surface area contributed by atoms with Gasteiger partial charge in [0.05, 0.1) is 39.9 Å². The molecule has 0 saturated heterocycles. The molecule has 214 valence electrons. The molecule has 0 spiro atoms. The van der Waals surface area contributed by atoms with E-state index in [1.165, 1.54) is 22.0 Å². The fourth-order valence-electron chi connectivity index (χ4n) is 4.62. The van der Waals surface area contributed by atoms with Crippen molar-refractivity contribution < 1.29 is 19.4 Å². The molecule has 2 heterocycles. The Morgan fingerprint density at radius 1 is 1.07 bits per heavy atom. The highest BCUT2D eigenvalue weighted by molar-refractivity contribution is 7.07. The van der Waals surface area contributed by atoms with Crippen LogP contribution in [0.3, 0.4) is 0 Å². The minimum atomic E-state index is -0.822. The zero-order valence-corrected chi connectivity index (χ0v) is 24.5. The maximum atomic E-state index is 14.0. The molecule has 1 aromatic heterocycles. The third-order valence-electron chi connectivity index (χ3n) is 6.43. The SMILES string of the molecule is CCOC(=O)C1=C(C)N=c2s/c(=C/c3cc(N=Nc4ccccc4)ccc3O)c(=O)n2[C@@H]1c1ccccc1OC(C)C. The highest BCUT2D eigenvalue weighted by Gasteiger charge is 2.35. The Labute approximate surface area is 246 Å². The zero-order valence-electron chi connectivity index (χ0n) is 23.6. The van der Waals surface area contributed by atoms with E-state index in [2.05, 4.69) is 15.2 Å². The number of ether oxygens (including phenoxy) is 2. The highest BCUT2D eigenvalue weighted by atomic mass is 32.1. The molecular formula is C32H30N4O5S. The van der Waals surface area contributed by atoms with E-state index in [4.69, 9.17) is 9.47 Å². The number of rotatable bonds is 8. The van der Waals surface area contributed by atoms with Gasteiger partial charge in [-0.15, -0.1) is 0 Å². The highest BCUT2D eigenvalue weighted by Crippen LogP contribution is 2.36. The molecule has 42 heavy (non-hydrogen) atoms. The Morgan fingerprint density at radius 3 is 2.52 bits per heavy atom. The van der Waals surface area contributed by atoms with Crippen LogP contribution in [-0.2, 0) is 9.53 Å². The lowest BCUT2D eigenvalue weighted by Crippen LogP contribution is -2.40. The minimum absolute atomic E-state index is 0.0184. The lowest BCUT2D eigenvalue weighted by atomic mass is 9.95. The number of fused-ring (bicyclic) bond motifs is 1. The number of phenolic OH excluding ortho intramolecular Hbond substituents is 1. The van der Waals surface area contributed by atoms with E-state index in [9.17, 15) is 14.7 Å². The Hall–Kier alpha value is -4.83. The summed E-state index contributed by atoms with van der Waals surface area (Å²) in [5.74, 6) is -0.0145. The van der Waals surface area contributed by atoms with Gasteiger partial charge in [0.25, 0.3) is 5.56 Å². The van der Waals surface area contributed by atoms with Gasteiger partial charge in [-0.1, -0.05) is 47.7 Å². The maximum absolute atomic E-state index is 14.0. The van der Waals surface area contributed by atoms with Gasteiger partial charge in [-0.05, 0) is 70.2 Å². The van der Waals surface area contributed by atoms with E-state index < -0.39 is 12.0 Å². The van der Waals surface area contributed by atoms with Gasteiger partial charge in [0.15, 0.2) is 4.80 Å². The molecule has 1 aliphatic rings. The molecule has 0 aliphatic carbocycles. The summed E-state index contributed by atoms with van der Waals surface area (Å²) in [5.41, 5.74) is 2.59. The molecular weight excluding hydrogens is 552 g/mol. The Bertz CT molecular complexity index is 1870.